The lowest BCUT2D eigenvalue weighted by atomic mass is 10.1. The third kappa shape index (κ3) is 3.42. The van der Waals surface area contributed by atoms with Crippen LogP contribution in [0.15, 0.2) is 18.2 Å². The number of ether oxygens (including phenoxy) is 1. The third-order valence-corrected chi connectivity index (χ3v) is 3.22. The van der Waals surface area contributed by atoms with E-state index in [2.05, 4.69) is 5.32 Å². The van der Waals surface area contributed by atoms with Crippen LogP contribution in [0.5, 0.6) is 0 Å². The van der Waals surface area contributed by atoms with Crippen LogP contribution in [0.3, 0.4) is 0 Å². The number of hydrogen-bond acceptors (Lipinski definition) is 5. The van der Waals surface area contributed by atoms with E-state index >= 15 is 0 Å². The highest BCUT2D eigenvalue weighted by atomic mass is 16.6. The number of benzene rings is 1. The molecule has 0 aliphatic carbocycles. The largest absolute Gasteiger partial charge is 0.385 e. The molecule has 2 rings (SSSR count). The summed E-state index contributed by atoms with van der Waals surface area (Å²) in [6.07, 6.45) is 2.09. The lowest BCUT2D eigenvalue weighted by Crippen LogP contribution is -2.09. The van der Waals surface area contributed by atoms with Crippen molar-refractivity contribution < 1.29 is 9.66 Å². The fraction of sp³-hybridized carbons (Fsp3) is 0.462. The first kappa shape index (κ1) is 13.3. The maximum absolute atomic E-state index is 10.7. The molecule has 1 aliphatic rings. The number of anilines is 1. The van der Waals surface area contributed by atoms with E-state index in [4.69, 9.17) is 10.00 Å². The average molecular weight is 261 g/mol. The van der Waals surface area contributed by atoms with Crippen LogP contribution in [-0.2, 0) is 4.74 Å². The Balaban J connectivity index is 1.93. The van der Waals surface area contributed by atoms with Crippen molar-refractivity contribution in [2.75, 3.05) is 25.1 Å². The minimum atomic E-state index is -0.543. The van der Waals surface area contributed by atoms with Crippen molar-refractivity contribution in [3.8, 4) is 6.07 Å². The number of rotatable bonds is 5. The van der Waals surface area contributed by atoms with Crippen LogP contribution < -0.4 is 5.32 Å². The molecule has 1 aromatic carbocycles. The van der Waals surface area contributed by atoms with Crippen molar-refractivity contribution in [3.63, 3.8) is 0 Å². The SMILES string of the molecule is N#Cc1cc(NCCC2CCOC2)ccc1[N+](=O)[O-]. The minimum absolute atomic E-state index is 0.0826. The van der Waals surface area contributed by atoms with Crippen molar-refractivity contribution in [1.29, 1.82) is 5.26 Å². The quantitative estimate of drug-likeness (QED) is 0.649. The van der Waals surface area contributed by atoms with Gasteiger partial charge in [-0.25, -0.2) is 0 Å². The number of nitro groups is 1. The topological polar surface area (TPSA) is 88.2 Å². The first-order chi connectivity index (χ1) is 9.20. The summed E-state index contributed by atoms with van der Waals surface area (Å²) in [5, 5.41) is 22.8. The Hall–Kier alpha value is -2.13. The Kier molecular flexibility index (Phi) is 4.31. The summed E-state index contributed by atoms with van der Waals surface area (Å²) in [6.45, 7) is 2.42. The molecule has 1 atom stereocenters. The van der Waals surface area contributed by atoms with Gasteiger partial charge in [-0.3, -0.25) is 10.1 Å². The molecule has 1 saturated heterocycles. The number of nitriles is 1. The van der Waals surface area contributed by atoms with Crippen molar-refractivity contribution in [2.24, 2.45) is 5.92 Å². The lowest BCUT2D eigenvalue weighted by Gasteiger charge is -2.10. The highest BCUT2D eigenvalue weighted by molar-refractivity contribution is 5.58. The molecule has 0 aromatic heterocycles. The van der Waals surface area contributed by atoms with Gasteiger partial charge in [-0.2, -0.15) is 5.26 Å². The molecule has 1 N–H and O–H groups in total. The molecule has 6 nitrogen and oxygen atoms in total. The van der Waals surface area contributed by atoms with E-state index in [1.807, 2.05) is 6.07 Å². The monoisotopic (exact) mass is 261 g/mol. The van der Waals surface area contributed by atoms with Gasteiger partial charge >= 0.3 is 0 Å². The molecule has 0 radical (unpaired) electrons. The Morgan fingerprint density at radius 1 is 1.58 bits per heavy atom. The van der Waals surface area contributed by atoms with Crippen LogP contribution in [0.4, 0.5) is 11.4 Å². The molecule has 1 heterocycles. The second-order valence-corrected chi connectivity index (χ2v) is 4.55. The third-order valence-electron chi connectivity index (χ3n) is 3.22. The molecule has 1 aliphatic heterocycles. The van der Waals surface area contributed by atoms with E-state index in [-0.39, 0.29) is 11.3 Å². The van der Waals surface area contributed by atoms with E-state index < -0.39 is 4.92 Å². The zero-order valence-electron chi connectivity index (χ0n) is 10.5. The Morgan fingerprint density at radius 2 is 2.42 bits per heavy atom. The predicted molar refractivity (Wildman–Crippen MR) is 69.8 cm³/mol. The summed E-state index contributed by atoms with van der Waals surface area (Å²) in [5.74, 6) is 0.584. The molecule has 6 heteroatoms. The molecule has 0 bridgehead atoms. The van der Waals surface area contributed by atoms with Crippen LogP contribution in [0.25, 0.3) is 0 Å². The minimum Gasteiger partial charge on any atom is -0.385 e. The lowest BCUT2D eigenvalue weighted by molar-refractivity contribution is -0.385. The number of nitrogens with one attached hydrogen (secondary N) is 1. The summed E-state index contributed by atoms with van der Waals surface area (Å²) < 4.78 is 5.29. The number of nitro benzene ring substituents is 1. The van der Waals surface area contributed by atoms with Gasteiger partial charge < -0.3 is 10.1 Å². The van der Waals surface area contributed by atoms with Crippen LogP contribution >= 0.6 is 0 Å². The summed E-state index contributed by atoms with van der Waals surface area (Å²) in [6, 6.07) is 6.35. The van der Waals surface area contributed by atoms with Gasteiger partial charge in [0.1, 0.15) is 11.6 Å². The molecular formula is C13H15N3O3. The first-order valence-corrected chi connectivity index (χ1v) is 6.21. The summed E-state index contributed by atoms with van der Waals surface area (Å²) in [5.41, 5.74) is 0.664. The first-order valence-electron chi connectivity index (χ1n) is 6.21. The highest BCUT2D eigenvalue weighted by Gasteiger charge is 2.16. The van der Waals surface area contributed by atoms with Gasteiger partial charge in [-0.05, 0) is 30.9 Å². The van der Waals surface area contributed by atoms with Gasteiger partial charge in [0.15, 0.2) is 0 Å². The van der Waals surface area contributed by atoms with E-state index in [9.17, 15) is 10.1 Å². The molecule has 19 heavy (non-hydrogen) atoms. The van der Waals surface area contributed by atoms with Crippen molar-refractivity contribution in [3.05, 3.63) is 33.9 Å². The zero-order chi connectivity index (χ0) is 13.7. The van der Waals surface area contributed by atoms with Gasteiger partial charge in [-0.1, -0.05) is 0 Å². The van der Waals surface area contributed by atoms with Gasteiger partial charge in [0.05, 0.1) is 4.92 Å². The number of nitrogens with zero attached hydrogens (tertiary/aromatic N) is 2. The predicted octanol–water partition coefficient (Wildman–Crippen LogP) is 2.30. The number of hydrogen-bond donors (Lipinski definition) is 1. The molecule has 1 unspecified atom stereocenters. The maximum atomic E-state index is 10.7. The molecule has 100 valence electrons. The van der Waals surface area contributed by atoms with Gasteiger partial charge in [-0.15, -0.1) is 0 Å². The van der Waals surface area contributed by atoms with Gasteiger partial charge in [0, 0.05) is 31.5 Å². The summed E-state index contributed by atoms with van der Waals surface area (Å²) in [7, 11) is 0. The molecular weight excluding hydrogens is 246 g/mol. The van der Waals surface area contributed by atoms with Crippen molar-refractivity contribution in [1.82, 2.24) is 0 Å². The van der Waals surface area contributed by atoms with Crippen molar-refractivity contribution in [2.45, 2.75) is 12.8 Å². The Bertz CT molecular complexity index is 504. The van der Waals surface area contributed by atoms with E-state index in [1.54, 1.807) is 6.07 Å². The standard InChI is InChI=1S/C13H15N3O3/c14-8-11-7-12(1-2-13(11)16(17)18)15-5-3-10-4-6-19-9-10/h1-2,7,10,15H,3-6,9H2. The van der Waals surface area contributed by atoms with Crippen LogP contribution in [-0.4, -0.2) is 24.7 Å². The van der Waals surface area contributed by atoms with Crippen LogP contribution in [0.1, 0.15) is 18.4 Å². The van der Waals surface area contributed by atoms with E-state index in [0.29, 0.717) is 5.92 Å². The van der Waals surface area contributed by atoms with E-state index in [0.717, 1.165) is 38.3 Å². The van der Waals surface area contributed by atoms with Crippen LogP contribution in [0, 0.1) is 27.4 Å². The second-order valence-electron chi connectivity index (χ2n) is 4.55. The summed E-state index contributed by atoms with van der Waals surface area (Å²) in [4.78, 5) is 10.2. The maximum Gasteiger partial charge on any atom is 0.287 e. The normalized spacial score (nSPS) is 17.9. The molecule has 0 spiro atoms. The smallest absolute Gasteiger partial charge is 0.287 e. The Morgan fingerprint density at radius 3 is 3.05 bits per heavy atom. The Labute approximate surface area is 111 Å². The van der Waals surface area contributed by atoms with Gasteiger partial charge in [0.2, 0.25) is 0 Å². The van der Waals surface area contributed by atoms with Crippen LogP contribution in [0.2, 0.25) is 0 Å². The molecule has 0 amide bonds. The zero-order valence-corrected chi connectivity index (χ0v) is 10.5. The average Bonchev–Trinajstić information content (AvgIpc) is 2.91. The highest BCUT2D eigenvalue weighted by Crippen LogP contribution is 2.22. The van der Waals surface area contributed by atoms with E-state index in [1.165, 1.54) is 12.1 Å². The fourth-order valence-electron chi connectivity index (χ4n) is 2.13. The second kappa shape index (κ2) is 6.16. The van der Waals surface area contributed by atoms with Gasteiger partial charge in [0.25, 0.3) is 5.69 Å². The molecule has 1 fully saturated rings. The fourth-order valence-corrected chi connectivity index (χ4v) is 2.13. The molecule has 0 saturated carbocycles. The molecule has 1 aromatic rings. The summed E-state index contributed by atoms with van der Waals surface area (Å²) >= 11 is 0. The van der Waals surface area contributed by atoms with Crippen molar-refractivity contribution >= 4 is 11.4 Å².